The third-order valence-corrected chi connectivity index (χ3v) is 2.73. The van der Waals surface area contributed by atoms with Crippen molar-refractivity contribution in [3.8, 4) is 0 Å². The molecule has 114 valence electrons. The summed E-state index contributed by atoms with van der Waals surface area (Å²) in [5, 5.41) is 15.7. The minimum atomic E-state index is -0.427. The van der Waals surface area contributed by atoms with Crippen molar-refractivity contribution in [2.24, 2.45) is 5.41 Å². The minimum absolute atomic E-state index is 0.0425. The van der Waals surface area contributed by atoms with Crippen molar-refractivity contribution in [3.05, 3.63) is 0 Å². The standard InChI is InChI=1S/C14H30N2O3/c1-11(13(18)15-7-6-8-19-5)16-10-12(17)9-14(2,3)4/h11-12,16-17H,6-10H2,1-5H3,(H,15,18). The molecule has 3 N–H and O–H groups in total. The fourth-order valence-corrected chi connectivity index (χ4v) is 1.77. The number of rotatable bonds is 9. The first-order chi connectivity index (χ1) is 8.76. The van der Waals surface area contributed by atoms with Gasteiger partial charge < -0.3 is 20.5 Å². The topological polar surface area (TPSA) is 70.6 Å². The van der Waals surface area contributed by atoms with Crippen LogP contribution in [0.25, 0.3) is 0 Å². The third kappa shape index (κ3) is 10.9. The highest BCUT2D eigenvalue weighted by atomic mass is 16.5. The summed E-state index contributed by atoms with van der Waals surface area (Å²) in [7, 11) is 1.64. The number of carbonyl (C=O) groups is 1. The molecule has 0 aliphatic heterocycles. The highest BCUT2D eigenvalue weighted by Crippen LogP contribution is 2.20. The number of aliphatic hydroxyl groups is 1. The van der Waals surface area contributed by atoms with Gasteiger partial charge >= 0.3 is 0 Å². The van der Waals surface area contributed by atoms with Gasteiger partial charge in [-0.1, -0.05) is 20.8 Å². The third-order valence-electron chi connectivity index (χ3n) is 2.73. The van der Waals surface area contributed by atoms with Gasteiger partial charge in [0.25, 0.3) is 0 Å². The number of carbonyl (C=O) groups excluding carboxylic acids is 1. The van der Waals surface area contributed by atoms with E-state index in [0.717, 1.165) is 6.42 Å². The second-order valence-corrected chi connectivity index (χ2v) is 6.19. The predicted octanol–water partition coefficient (Wildman–Crippen LogP) is 0.914. The van der Waals surface area contributed by atoms with Crippen LogP contribution in [0, 0.1) is 5.41 Å². The molecule has 0 aromatic heterocycles. The van der Waals surface area contributed by atoms with Crippen LogP contribution in [0.15, 0.2) is 0 Å². The van der Waals surface area contributed by atoms with Gasteiger partial charge in [-0.3, -0.25) is 4.79 Å². The normalized spacial score (nSPS) is 15.1. The molecule has 0 fully saturated rings. The Morgan fingerprint density at radius 2 is 2.00 bits per heavy atom. The summed E-state index contributed by atoms with van der Waals surface area (Å²) in [6.07, 6.45) is 1.09. The monoisotopic (exact) mass is 274 g/mol. The molecule has 0 radical (unpaired) electrons. The van der Waals surface area contributed by atoms with Crippen molar-refractivity contribution >= 4 is 5.91 Å². The zero-order valence-corrected chi connectivity index (χ0v) is 13.0. The summed E-state index contributed by atoms with van der Waals surface area (Å²) in [6.45, 7) is 9.75. The van der Waals surface area contributed by atoms with Crippen molar-refractivity contribution in [2.45, 2.75) is 52.7 Å². The molecule has 0 spiro atoms. The molecule has 5 nitrogen and oxygen atoms in total. The number of hydrogen-bond donors (Lipinski definition) is 3. The maximum absolute atomic E-state index is 11.7. The fourth-order valence-electron chi connectivity index (χ4n) is 1.77. The van der Waals surface area contributed by atoms with Crippen LogP contribution in [0.1, 0.15) is 40.5 Å². The van der Waals surface area contributed by atoms with Crippen molar-refractivity contribution in [3.63, 3.8) is 0 Å². The van der Waals surface area contributed by atoms with E-state index in [1.165, 1.54) is 0 Å². The van der Waals surface area contributed by atoms with E-state index in [0.29, 0.717) is 26.1 Å². The van der Waals surface area contributed by atoms with Crippen molar-refractivity contribution < 1.29 is 14.6 Å². The smallest absolute Gasteiger partial charge is 0.236 e. The Labute approximate surface area is 117 Å². The lowest BCUT2D eigenvalue weighted by molar-refractivity contribution is -0.122. The van der Waals surface area contributed by atoms with E-state index in [4.69, 9.17) is 4.74 Å². The molecule has 0 saturated carbocycles. The summed E-state index contributed by atoms with van der Waals surface area (Å²) in [4.78, 5) is 11.7. The van der Waals surface area contributed by atoms with Crippen LogP contribution >= 0.6 is 0 Å². The van der Waals surface area contributed by atoms with Gasteiger partial charge in [0.1, 0.15) is 0 Å². The Morgan fingerprint density at radius 3 is 2.53 bits per heavy atom. The lowest BCUT2D eigenvalue weighted by Gasteiger charge is -2.23. The average molecular weight is 274 g/mol. The van der Waals surface area contributed by atoms with Gasteiger partial charge in [-0.25, -0.2) is 0 Å². The first-order valence-electron chi connectivity index (χ1n) is 6.94. The van der Waals surface area contributed by atoms with E-state index < -0.39 is 6.10 Å². The molecule has 0 rings (SSSR count). The van der Waals surface area contributed by atoms with E-state index >= 15 is 0 Å². The second-order valence-electron chi connectivity index (χ2n) is 6.19. The molecular formula is C14H30N2O3. The quantitative estimate of drug-likeness (QED) is 0.547. The van der Waals surface area contributed by atoms with Crippen molar-refractivity contribution in [2.75, 3.05) is 26.8 Å². The molecule has 2 atom stereocenters. The Bertz CT molecular complexity index is 252. The lowest BCUT2D eigenvalue weighted by atomic mass is 9.89. The van der Waals surface area contributed by atoms with E-state index in [1.54, 1.807) is 14.0 Å². The highest BCUT2D eigenvalue weighted by molar-refractivity contribution is 5.81. The van der Waals surface area contributed by atoms with Crippen molar-refractivity contribution in [1.82, 2.24) is 10.6 Å². The van der Waals surface area contributed by atoms with Crippen LogP contribution in [-0.4, -0.2) is 50.0 Å². The predicted molar refractivity (Wildman–Crippen MR) is 77.0 cm³/mol. The fraction of sp³-hybridized carbons (Fsp3) is 0.929. The largest absolute Gasteiger partial charge is 0.392 e. The molecule has 1 amide bonds. The van der Waals surface area contributed by atoms with Gasteiger partial charge in [0.15, 0.2) is 0 Å². The lowest BCUT2D eigenvalue weighted by Crippen LogP contribution is -2.45. The van der Waals surface area contributed by atoms with Crippen molar-refractivity contribution in [1.29, 1.82) is 0 Å². The maximum atomic E-state index is 11.7. The van der Waals surface area contributed by atoms with Crippen LogP contribution in [0.5, 0.6) is 0 Å². The zero-order chi connectivity index (χ0) is 14.9. The van der Waals surface area contributed by atoms with Crippen LogP contribution < -0.4 is 10.6 Å². The number of hydrogen-bond acceptors (Lipinski definition) is 4. The second kappa shape index (κ2) is 9.28. The summed E-state index contributed by atoms with van der Waals surface area (Å²) in [6, 6.07) is -0.294. The van der Waals surface area contributed by atoms with Gasteiger partial charge in [-0.2, -0.15) is 0 Å². The molecule has 0 aromatic rings. The number of ether oxygens (including phenoxy) is 1. The Kier molecular flexibility index (Phi) is 8.97. The van der Waals surface area contributed by atoms with E-state index in [2.05, 4.69) is 31.4 Å². The summed E-state index contributed by atoms with van der Waals surface area (Å²) in [5.74, 6) is -0.0425. The molecule has 5 heteroatoms. The molecular weight excluding hydrogens is 244 g/mol. The van der Waals surface area contributed by atoms with Gasteiger partial charge in [-0.05, 0) is 25.2 Å². The van der Waals surface area contributed by atoms with E-state index in [1.807, 2.05) is 0 Å². The number of methoxy groups -OCH3 is 1. The van der Waals surface area contributed by atoms with Gasteiger partial charge in [-0.15, -0.1) is 0 Å². The molecule has 0 saturated heterocycles. The first-order valence-corrected chi connectivity index (χ1v) is 6.94. The molecule has 2 unspecified atom stereocenters. The number of aliphatic hydroxyl groups excluding tert-OH is 1. The summed E-state index contributed by atoms with van der Waals surface area (Å²) >= 11 is 0. The molecule has 0 heterocycles. The number of nitrogens with one attached hydrogen (secondary N) is 2. The van der Waals surface area contributed by atoms with E-state index in [9.17, 15) is 9.90 Å². The van der Waals surface area contributed by atoms with E-state index in [-0.39, 0.29) is 17.4 Å². The zero-order valence-electron chi connectivity index (χ0n) is 13.0. The Morgan fingerprint density at radius 1 is 1.37 bits per heavy atom. The van der Waals surface area contributed by atoms with Gasteiger partial charge in [0.05, 0.1) is 12.1 Å². The molecule has 0 aliphatic rings. The summed E-state index contributed by atoms with van der Waals surface area (Å²) < 4.78 is 4.91. The molecule has 19 heavy (non-hydrogen) atoms. The Hall–Kier alpha value is -0.650. The SMILES string of the molecule is COCCCNC(=O)C(C)NCC(O)CC(C)(C)C. The molecule has 0 aromatic carbocycles. The molecule has 0 bridgehead atoms. The number of amides is 1. The average Bonchev–Trinajstić information content (AvgIpc) is 2.29. The highest BCUT2D eigenvalue weighted by Gasteiger charge is 2.18. The van der Waals surface area contributed by atoms with Crippen LogP contribution in [0.2, 0.25) is 0 Å². The first kappa shape index (κ1) is 18.4. The van der Waals surface area contributed by atoms with Gasteiger partial charge in [0.2, 0.25) is 5.91 Å². The van der Waals surface area contributed by atoms with Crippen LogP contribution in [0.4, 0.5) is 0 Å². The Balaban J connectivity index is 3.78. The van der Waals surface area contributed by atoms with Gasteiger partial charge in [0, 0.05) is 26.8 Å². The van der Waals surface area contributed by atoms with Crippen LogP contribution in [-0.2, 0) is 9.53 Å². The minimum Gasteiger partial charge on any atom is -0.392 e. The maximum Gasteiger partial charge on any atom is 0.236 e. The molecule has 0 aliphatic carbocycles. The van der Waals surface area contributed by atoms with Crippen LogP contribution in [0.3, 0.4) is 0 Å². The summed E-state index contributed by atoms with van der Waals surface area (Å²) in [5.41, 5.74) is 0.0900.